The average Bonchev–Trinajstić information content (AvgIpc) is 2.03. The summed E-state index contributed by atoms with van der Waals surface area (Å²) in [5, 5.41) is 8.91. The Morgan fingerprint density at radius 2 is 1.83 bits per heavy atom. The molecule has 0 radical (unpaired) electrons. The molecule has 0 aromatic carbocycles. The molecular weight excluding hydrogens is 150 g/mol. The monoisotopic (exact) mass is 173 g/mol. The maximum Gasteiger partial charge on any atom is 0.0468 e. The predicted molar refractivity (Wildman–Crippen MR) is 53.2 cm³/mol. The minimum atomic E-state index is 0.299. The number of nitrogens with zero attached hydrogens (tertiary/aromatic N) is 1. The lowest BCUT2D eigenvalue weighted by molar-refractivity contribution is 0.149. The van der Waals surface area contributed by atoms with Crippen LogP contribution in [0.15, 0.2) is 0 Å². The minimum absolute atomic E-state index is 0.299. The normalized spacial score (nSPS) is 14.2. The third kappa shape index (κ3) is 4.73. The molecular formula is C10H23NO. The molecule has 0 saturated carbocycles. The summed E-state index contributed by atoms with van der Waals surface area (Å²) < 4.78 is 0. The van der Waals surface area contributed by atoms with Crippen LogP contribution in [-0.2, 0) is 0 Å². The van der Waals surface area contributed by atoms with Gasteiger partial charge < -0.3 is 10.0 Å². The second kappa shape index (κ2) is 6.44. The summed E-state index contributed by atoms with van der Waals surface area (Å²) in [6.45, 7) is 11.2. The van der Waals surface area contributed by atoms with Crippen molar-refractivity contribution in [1.82, 2.24) is 4.90 Å². The smallest absolute Gasteiger partial charge is 0.0468 e. The van der Waals surface area contributed by atoms with Gasteiger partial charge in [-0.2, -0.15) is 0 Å². The number of hydrogen-bond acceptors (Lipinski definition) is 2. The second-order valence-corrected chi connectivity index (χ2v) is 3.88. The van der Waals surface area contributed by atoms with Crippen LogP contribution < -0.4 is 0 Å². The highest BCUT2D eigenvalue weighted by molar-refractivity contribution is 4.65. The molecule has 12 heavy (non-hydrogen) atoms. The first-order chi connectivity index (χ1) is 5.61. The molecule has 1 unspecified atom stereocenters. The third-order valence-corrected chi connectivity index (χ3v) is 2.10. The lowest BCUT2D eigenvalue weighted by atomic mass is 10.1. The number of hydrogen-bond donors (Lipinski definition) is 1. The van der Waals surface area contributed by atoms with Gasteiger partial charge in [0.2, 0.25) is 0 Å². The van der Waals surface area contributed by atoms with Gasteiger partial charge in [-0.1, -0.05) is 13.8 Å². The van der Waals surface area contributed by atoms with E-state index in [2.05, 4.69) is 32.6 Å². The van der Waals surface area contributed by atoms with Crippen LogP contribution in [0.25, 0.3) is 0 Å². The van der Waals surface area contributed by atoms with Crippen molar-refractivity contribution in [3.05, 3.63) is 0 Å². The first kappa shape index (κ1) is 11.9. The standard InChI is InChI=1S/C10H23NO/c1-5-6-11(9(2)3)7-10(4)8-12/h9-10,12H,5-8H2,1-4H3. The van der Waals surface area contributed by atoms with Crippen LogP contribution in [0, 0.1) is 5.92 Å². The van der Waals surface area contributed by atoms with Crippen LogP contribution in [-0.4, -0.2) is 35.7 Å². The van der Waals surface area contributed by atoms with E-state index >= 15 is 0 Å². The molecule has 74 valence electrons. The van der Waals surface area contributed by atoms with Crippen LogP contribution in [0.5, 0.6) is 0 Å². The summed E-state index contributed by atoms with van der Waals surface area (Å²) in [4.78, 5) is 2.42. The molecule has 0 aromatic heterocycles. The van der Waals surface area contributed by atoms with E-state index in [1.165, 1.54) is 6.42 Å². The van der Waals surface area contributed by atoms with Crippen LogP contribution in [0.1, 0.15) is 34.1 Å². The van der Waals surface area contributed by atoms with Crippen molar-refractivity contribution in [3.8, 4) is 0 Å². The van der Waals surface area contributed by atoms with Gasteiger partial charge in [-0.25, -0.2) is 0 Å². The van der Waals surface area contributed by atoms with E-state index in [1.807, 2.05) is 0 Å². The van der Waals surface area contributed by atoms with E-state index in [0.29, 0.717) is 18.6 Å². The summed E-state index contributed by atoms with van der Waals surface area (Å²) >= 11 is 0. The Bertz CT molecular complexity index is 104. The van der Waals surface area contributed by atoms with Gasteiger partial charge >= 0.3 is 0 Å². The molecule has 1 N–H and O–H groups in total. The van der Waals surface area contributed by atoms with E-state index in [0.717, 1.165) is 13.1 Å². The predicted octanol–water partition coefficient (Wildman–Crippen LogP) is 1.74. The zero-order valence-corrected chi connectivity index (χ0v) is 8.88. The van der Waals surface area contributed by atoms with Gasteiger partial charge in [-0.15, -0.1) is 0 Å². The number of aliphatic hydroxyl groups is 1. The van der Waals surface area contributed by atoms with E-state index < -0.39 is 0 Å². The number of aliphatic hydroxyl groups excluding tert-OH is 1. The van der Waals surface area contributed by atoms with E-state index in [9.17, 15) is 0 Å². The molecule has 1 atom stereocenters. The van der Waals surface area contributed by atoms with Crippen molar-refractivity contribution in [2.75, 3.05) is 19.7 Å². The summed E-state index contributed by atoms with van der Waals surface area (Å²) in [5.74, 6) is 0.402. The fourth-order valence-corrected chi connectivity index (χ4v) is 1.31. The lowest BCUT2D eigenvalue weighted by Gasteiger charge is -2.28. The molecule has 0 aliphatic carbocycles. The Morgan fingerprint density at radius 3 is 2.17 bits per heavy atom. The Morgan fingerprint density at radius 1 is 1.25 bits per heavy atom. The summed E-state index contributed by atoms with van der Waals surface area (Å²) in [7, 11) is 0. The molecule has 2 nitrogen and oxygen atoms in total. The van der Waals surface area contributed by atoms with Gasteiger partial charge in [0.1, 0.15) is 0 Å². The van der Waals surface area contributed by atoms with E-state index in [4.69, 9.17) is 5.11 Å². The topological polar surface area (TPSA) is 23.5 Å². The SMILES string of the molecule is CCCN(CC(C)CO)C(C)C. The molecule has 0 aliphatic heterocycles. The fraction of sp³-hybridized carbons (Fsp3) is 1.00. The van der Waals surface area contributed by atoms with Crippen molar-refractivity contribution in [1.29, 1.82) is 0 Å². The van der Waals surface area contributed by atoms with Crippen molar-refractivity contribution in [2.45, 2.75) is 40.2 Å². The van der Waals surface area contributed by atoms with Gasteiger partial charge in [-0.05, 0) is 32.7 Å². The summed E-state index contributed by atoms with van der Waals surface area (Å²) in [6.07, 6.45) is 1.19. The average molecular weight is 173 g/mol. The highest BCUT2D eigenvalue weighted by Crippen LogP contribution is 2.04. The highest BCUT2D eigenvalue weighted by atomic mass is 16.3. The largest absolute Gasteiger partial charge is 0.396 e. The highest BCUT2D eigenvalue weighted by Gasteiger charge is 2.11. The zero-order chi connectivity index (χ0) is 9.56. The number of rotatable bonds is 6. The molecule has 0 spiro atoms. The molecule has 0 amide bonds. The summed E-state index contributed by atoms with van der Waals surface area (Å²) in [6, 6.07) is 0.596. The van der Waals surface area contributed by atoms with Crippen molar-refractivity contribution >= 4 is 0 Å². The van der Waals surface area contributed by atoms with Crippen molar-refractivity contribution < 1.29 is 5.11 Å². The first-order valence-electron chi connectivity index (χ1n) is 4.96. The van der Waals surface area contributed by atoms with Crippen LogP contribution in [0.3, 0.4) is 0 Å². The lowest BCUT2D eigenvalue weighted by Crippen LogP contribution is -2.36. The molecule has 2 heteroatoms. The Hall–Kier alpha value is -0.0800. The molecule has 0 rings (SSSR count). The quantitative estimate of drug-likeness (QED) is 0.661. The van der Waals surface area contributed by atoms with Crippen LogP contribution >= 0.6 is 0 Å². The van der Waals surface area contributed by atoms with Gasteiger partial charge in [0, 0.05) is 19.2 Å². The third-order valence-electron chi connectivity index (χ3n) is 2.10. The summed E-state index contributed by atoms with van der Waals surface area (Å²) in [5.41, 5.74) is 0. The molecule has 0 heterocycles. The van der Waals surface area contributed by atoms with Crippen LogP contribution in [0.4, 0.5) is 0 Å². The molecule has 0 bridgehead atoms. The Labute approximate surface area is 76.6 Å². The Kier molecular flexibility index (Phi) is 6.39. The Balaban J connectivity index is 3.77. The molecule has 0 saturated heterocycles. The molecule has 0 aliphatic rings. The van der Waals surface area contributed by atoms with Gasteiger partial charge in [0.05, 0.1) is 0 Å². The molecule has 0 fully saturated rings. The van der Waals surface area contributed by atoms with E-state index in [1.54, 1.807) is 0 Å². The minimum Gasteiger partial charge on any atom is -0.396 e. The van der Waals surface area contributed by atoms with Crippen LogP contribution in [0.2, 0.25) is 0 Å². The zero-order valence-electron chi connectivity index (χ0n) is 8.88. The van der Waals surface area contributed by atoms with Gasteiger partial charge in [0.15, 0.2) is 0 Å². The van der Waals surface area contributed by atoms with Gasteiger partial charge in [-0.3, -0.25) is 0 Å². The fourth-order valence-electron chi connectivity index (χ4n) is 1.31. The van der Waals surface area contributed by atoms with Gasteiger partial charge in [0.25, 0.3) is 0 Å². The molecule has 0 aromatic rings. The maximum atomic E-state index is 8.91. The second-order valence-electron chi connectivity index (χ2n) is 3.88. The van der Waals surface area contributed by atoms with Crippen molar-refractivity contribution in [3.63, 3.8) is 0 Å². The first-order valence-corrected chi connectivity index (χ1v) is 4.96. The maximum absolute atomic E-state index is 8.91. The van der Waals surface area contributed by atoms with Crippen molar-refractivity contribution in [2.24, 2.45) is 5.92 Å². The van der Waals surface area contributed by atoms with E-state index in [-0.39, 0.29) is 0 Å².